The van der Waals surface area contributed by atoms with Gasteiger partial charge in [0.1, 0.15) is 0 Å². The lowest BCUT2D eigenvalue weighted by atomic mass is 9.70. The summed E-state index contributed by atoms with van der Waals surface area (Å²) >= 11 is 0. The van der Waals surface area contributed by atoms with Gasteiger partial charge in [-0.2, -0.15) is 0 Å². The zero-order valence-corrected chi connectivity index (χ0v) is 10.6. The van der Waals surface area contributed by atoms with Gasteiger partial charge in [-0.3, -0.25) is 0 Å². The Kier molecular flexibility index (Phi) is 3.23. The monoisotopic (exact) mass is 232 g/mol. The SMILES string of the molecule is Cc1cc(C2(C)CCCCC2)ccc1C(=O)O. The topological polar surface area (TPSA) is 37.3 Å². The van der Waals surface area contributed by atoms with Crippen LogP contribution in [0.2, 0.25) is 0 Å². The fourth-order valence-electron chi connectivity index (χ4n) is 2.90. The molecule has 0 aromatic heterocycles. The van der Waals surface area contributed by atoms with E-state index in [-0.39, 0.29) is 5.41 Å². The fraction of sp³-hybridized carbons (Fsp3) is 0.533. The number of hydrogen-bond donors (Lipinski definition) is 1. The number of aryl methyl sites for hydroxylation is 1. The highest BCUT2D eigenvalue weighted by atomic mass is 16.4. The molecule has 1 saturated carbocycles. The zero-order valence-electron chi connectivity index (χ0n) is 10.6. The number of hydrogen-bond acceptors (Lipinski definition) is 1. The second kappa shape index (κ2) is 4.52. The number of carboxylic acids is 1. The van der Waals surface area contributed by atoms with E-state index in [0.29, 0.717) is 5.56 Å². The molecule has 0 spiro atoms. The molecule has 92 valence electrons. The van der Waals surface area contributed by atoms with Gasteiger partial charge in [0.05, 0.1) is 5.56 Å². The first kappa shape index (κ1) is 12.2. The first-order valence-corrected chi connectivity index (χ1v) is 6.37. The summed E-state index contributed by atoms with van der Waals surface area (Å²) in [4.78, 5) is 11.0. The van der Waals surface area contributed by atoms with Crippen LogP contribution in [0.25, 0.3) is 0 Å². The first-order valence-electron chi connectivity index (χ1n) is 6.37. The molecule has 2 nitrogen and oxygen atoms in total. The molecule has 2 heteroatoms. The summed E-state index contributed by atoms with van der Waals surface area (Å²) < 4.78 is 0. The van der Waals surface area contributed by atoms with Crippen LogP contribution >= 0.6 is 0 Å². The molecule has 2 rings (SSSR count). The number of rotatable bonds is 2. The number of benzene rings is 1. The van der Waals surface area contributed by atoms with E-state index < -0.39 is 5.97 Å². The van der Waals surface area contributed by atoms with Gasteiger partial charge < -0.3 is 5.11 Å². The van der Waals surface area contributed by atoms with Crippen molar-refractivity contribution in [3.8, 4) is 0 Å². The van der Waals surface area contributed by atoms with Crippen molar-refractivity contribution in [2.75, 3.05) is 0 Å². The van der Waals surface area contributed by atoms with Crippen molar-refractivity contribution in [2.24, 2.45) is 0 Å². The number of aromatic carboxylic acids is 1. The Morgan fingerprint density at radius 3 is 2.41 bits per heavy atom. The van der Waals surface area contributed by atoms with Crippen LogP contribution < -0.4 is 0 Å². The lowest BCUT2D eigenvalue weighted by Crippen LogP contribution is -2.25. The van der Waals surface area contributed by atoms with Gasteiger partial charge in [-0.15, -0.1) is 0 Å². The highest BCUT2D eigenvalue weighted by Crippen LogP contribution is 2.39. The molecule has 0 amide bonds. The second-order valence-electron chi connectivity index (χ2n) is 5.46. The van der Waals surface area contributed by atoms with E-state index in [1.54, 1.807) is 6.07 Å². The van der Waals surface area contributed by atoms with Crippen molar-refractivity contribution in [2.45, 2.75) is 51.4 Å². The van der Waals surface area contributed by atoms with Crippen LogP contribution in [0.5, 0.6) is 0 Å². The van der Waals surface area contributed by atoms with Gasteiger partial charge in [-0.25, -0.2) is 4.79 Å². The predicted octanol–water partition coefficient (Wildman–Crippen LogP) is 3.92. The number of carbonyl (C=O) groups is 1. The van der Waals surface area contributed by atoms with Crippen LogP contribution in [0.1, 0.15) is 60.5 Å². The Labute approximate surface area is 103 Å². The Bertz CT molecular complexity index is 429. The van der Waals surface area contributed by atoms with Gasteiger partial charge in [0.25, 0.3) is 0 Å². The molecular formula is C15H20O2. The van der Waals surface area contributed by atoms with Crippen molar-refractivity contribution in [3.05, 3.63) is 34.9 Å². The summed E-state index contributed by atoms with van der Waals surface area (Å²) in [5.41, 5.74) is 2.86. The summed E-state index contributed by atoms with van der Waals surface area (Å²) in [5, 5.41) is 9.03. The fourth-order valence-corrected chi connectivity index (χ4v) is 2.90. The lowest BCUT2D eigenvalue weighted by Gasteiger charge is -2.34. The minimum Gasteiger partial charge on any atom is -0.478 e. The predicted molar refractivity (Wildman–Crippen MR) is 68.6 cm³/mol. The molecule has 1 aromatic carbocycles. The summed E-state index contributed by atoms with van der Waals surface area (Å²) in [6, 6.07) is 5.82. The molecule has 0 bridgehead atoms. The molecule has 0 aliphatic heterocycles. The van der Waals surface area contributed by atoms with Crippen molar-refractivity contribution < 1.29 is 9.90 Å². The second-order valence-corrected chi connectivity index (χ2v) is 5.46. The molecule has 17 heavy (non-hydrogen) atoms. The highest BCUT2D eigenvalue weighted by molar-refractivity contribution is 5.89. The van der Waals surface area contributed by atoms with Crippen molar-refractivity contribution >= 4 is 5.97 Å². The van der Waals surface area contributed by atoms with Crippen molar-refractivity contribution in [1.82, 2.24) is 0 Å². The summed E-state index contributed by atoms with van der Waals surface area (Å²) in [6.45, 7) is 4.19. The highest BCUT2D eigenvalue weighted by Gasteiger charge is 2.29. The van der Waals surface area contributed by atoms with Gasteiger partial charge >= 0.3 is 5.97 Å². The van der Waals surface area contributed by atoms with Gasteiger partial charge in [0, 0.05) is 0 Å². The van der Waals surface area contributed by atoms with E-state index in [0.717, 1.165) is 5.56 Å². The van der Waals surface area contributed by atoms with Crippen molar-refractivity contribution in [1.29, 1.82) is 0 Å². The quantitative estimate of drug-likeness (QED) is 0.839. The van der Waals surface area contributed by atoms with Crippen LogP contribution in [-0.2, 0) is 5.41 Å². The molecule has 1 fully saturated rings. The summed E-state index contributed by atoms with van der Waals surface area (Å²) in [7, 11) is 0. The minimum absolute atomic E-state index is 0.250. The normalized spacial score (nSPS) is 18.9. The van der Waals surface area contributed by atoms with E-state index in [1.807, 2.05) is 13.0 Å². The third kappa shape index (κ3) is 2.36. The average molecular weight is 232 g/mol. The van der Waals surface area contributed by atoms with Gasteiger partial charge in [-0.1, -0.05) is 38.3 Å². The summed E-state index contributed by atoms with van der Waals surface area (Å²) in [6.07, 6.45) is 6.35. The molecule has 1 aliphatic rings. The number of carboxylic acid groups (broad SMARTS) is 1. The third-order valence-electron chi connectivity index (χ3n) is 4.11. The Hall–Kier alpha value is -1.31. The maximum absolute atomic E-state index is 11.0. The Morgan fingerprint density at radius 2 is 1.88 bits per heavy atom. The molecule has 0 atom stereocenters. The van der Waals surface area contributed by atoms with E-state index in [4.69, 9.17) is 5.11 Å². The minimum atomic E-state index is -0.831. The smallest absolute Gasteiger partial charge is 0.335 e. The molecule has 1 aromatic rings. The van der Waals surface area contributed by atoms with Gasteiger partial charge in [-0.05, 0) is 42.4 Å². The Morgan fingerprint density at radius 1 is 1.24 bits per heavy atom. The van der Waals surface area contributed by atoms with Gasteiger partial charge in [0.2, 0.25) is 0 Å². The van der Waals surface area contributed by atoms with Crippen molar-refractivity contribution in [3.63, 3.8) is 0 Å². The van der Waals surface area contributed by atoms with Crippen LogP contribution in [0.4, 0.5) is 0 Å². The molecule has 0 radical (unpaired) electrons. The van der Waals surface area contributed by atoms with Crippen LogP contribution in [0.15, 0.2) is 18.2 Å². The van der Waals surface area contributed by atoms with E-state index in [1.165, 1.54) is 37.7 Å². The molecule has 0 heterocycles. The first-order chi connectivity index (χ1) is 8.03. The standard InChI is InChI=1S/C15H20O2/c1-11-10-12(6-7-13(11)14(16)17)15(2)8-4-3-5-9-15/h6-7,10H,3-5,8-9H2,1-2H3,(H,16,17). The lowest BCUT2D eigenvalue weighted by molar-refractivity contribution is 0.0696. The molecule has 0 saturated heterocycles. The van der Waals surface area contributed by atoms with Crippen LogP contribution in [0, 0.1) is 6.92 Å². The van der Waals surface area contributed by atoms with Crippen LogP contribution in [0.3, 0.4) is 0 Å². The third-order valence-corrected chi connectivity index (χ3v) is 4.11. The summed E-state index contributed by atoms with van der Waals surface area (Å²) in [5.74, 6) is -0.831. The largest absolute Gasteiger partial charge is 0.478 e. The maximum atomic E-state index is 11.0. The molecule has 1 N–H and O–H groups in total. The molecule has 1 aliphatic carbocycles. The van der Waals surface area contributed by atoms with E-state index >= 15 is 0 Å². The molecule has 0 unspecified atom stereocenters. The maximum Gasteiger partial charge on any atom is 0.335 e. The molecular weight excluding hydrogens is 212 g/mol. The van der Waals surface area contributed by atoms with Crippen LogP contribution in [-0.4, -0.2) is 11.1 Å². The van der Waals surface area contributed by atoms with E-state index in [2.05, 4.69) is 13.0 Å². The van der Waals surface area contributed by atoms with Gasteiger partial charge in [0.15, 0.2) is 0 Å². The zero-order chi connectivity index (χ0) is 12.5. The van der Waals surface area contributed by atoms with E-state index in [9.17, 15) is 4.79 Å². The Balaban J connectivity index is 2.33. The average Bonchev–Trinajstić information content (AvgIpc) is 2.29.